The second-order valence-corrected chi connectivity index (χ2v) is 7.74. The number of nitrogens with zero attached hydrogens (tertiary/aromatic N) is 4. The topological polar surface area (TPSA) is 117 Å². The van der Waals surface area contributed by atoms with Crippen molar-refractivity contribution < 1.29 is 14.3 Å². The van der Waals surface area contributed by atoms with E-state index in [4.69, 9.17) is 5.11 Å². The van der Waals surface area contributed by atoms with Gasteiger partial charge in [-0.1, -0.05) is 18.2 Å². The molecule has 0 aliphatic rings. The van der Waals surface area contributed by atoms with Crippen LogP contribution in [0.5, 0.6) is 0 Å². The van der Waals surface area contributed by atoms with Crippen molar-refractivity contribution in [2.75, 3.05) is 30.4 Å². The molecule has 180 valence electrons. The van der Waals surface area contributed by atoms with Crippen molar-refractivity contribution in [1.82, 2.24) is 25.2 Å². The lowest BCUT2D eigenvalue weighted by Gasteiger charge is -2.11. The molecule has 0 radical (unpaired) electrons. The molecule has 1 amide bonds. The van der Waals surface area contributed by atoms with Crippen molar-refractivity contribution in [3.05, 3.63) is 95.8 Å². The van der Waals surface area contributed by atoms with Crippen LogP contribution in [0.1, 0.15) is 21.5 Å². The van der Waals surface area contributed by atoms with Crippen molar-refractivity contribution in [2.45, 2.75) is 13.0 Å². The molecule has 0 aliphatic carbocycles. The van der Waals surface area contributed by atoms with Crippen molar-refractivity contribution in [3.63, 3.8) is 0 Å². The molecule has 3 heterocycles. The molecular weight excluding hydrogens is 449 g/mol. The Kier molecular flexibility index (Phi) is 7.97. The smallest absolute Gasteiger partial charge is 0.253 e. The summed E-state index contributed by atoms with van der Waals surface area (Å²) in [6, 6.07) is 13.6. The van der Waals surface area contributed by atoms with Crippen LogP contribution in [0.15, 0.2) is 73.3 Å². The van der Waals surface area contributed by atoms with Gasteiger partial charge in [0, 0.05) is 43.2 Å². The molecule has 3 aromatic heterocycles. The van der Waals surface area contributed by atoms with E-state index in [1.807, 2.05) is 12.1 Å². The summed E-state index contributed by atoms with van der Waals surface area (Å²) in [6.45, 7) is 1.24. The van der Waals surface area contributed by atoms with Gasteiger partial charge in [-0.05, 0) is 42.3 Å². The first-order valence-corrected chi connectivity index (χ1v) is 11.2. The quantitative estimate of drug-likeness (QED) is 0.263. The lowest BCUT2D eigenvalue weighted by atomic mass is 10.1. The highest BCUT2D eigenvalue weighted by atomic mass is 19.1. The van der Waals surface area contributed by atoms with E-state index in [1.54, 1.807) is 47.6 Å². The number of aromatic nitrogens is 4. The second-order valence-electron chi connectivity index (χ2n) is 7.74. The first-order chi connectivity index (χ1) is 17.1. The molecule has 35 heavy (non-hydrogen) atoms. The fourth-order valence-corrected chi connectivity index (χ4v) is 3.44. The molecule has 0 spiro atoms. The maximum Gasteiger partial charge on any atom is 0.253 e. The minimum Gasteiger partial charge on any atom is -0.395 e. The van der Waals surface area contributed by atoms with Crippen LogP contribution in [0.3, 0.4) is 0 Å². The number of benzene rings is 1. The van der Waals surface area contributed by atoms with Crippen LogP contribution >= 0.6 is 0 Å². The van der Waals surface area contributed by atoms with E-state index in [1.165, 1.54) is 18.3 Å². The molecule has 0 unspecified atom stereocenters. The molecule has 0 fully saturated rings. The number of anilines is 1. The summed E-state index contributed by atoms with van der Waals surface area (Å²) in [4.78, 5) is 22.8. The van der Waals surface area contributed by atoms with Crippen LogP contribution in [0.2, 0.25) is 0 Å². The summed E-state index contributed by atoms with van der Waals surface area (Å²) in [6.07, 6.45) is 7.31. The summed E-state index contributed by atoms with van der Waals surface area (Å²) in [5.41, 5.74) is 6.78. The fourth-order valence-electron chi connectivity index (χ4n) is 3.44. The van der Waals surface area contributed by atoms with Crippen LogP contribution in [0.4, 0.5) is 10.2 Å². The highest BCUT2D eigenvalue weighted by Crippen LogP contribution is 2.16. The minimum absolute atomic E-state index is 0.00965. The number of halogens is 1. The summed E-state index contributed by atoms with van der Waals surface area (Å²) in [5.74, 6) is 0.122. The lowest BCUT2D eigenvalue weighted by molar-refractivity contribution is 0.0950. The van der Waals surface area contributed by atoms with E-state index >= 15 is 0 Å². The van der Waals surface area contributed by atoms with E-state index in [0.29, 0.717) is 36.6 Å². The molecule has 0 atom stereocenters. The zero-order valence-corrected chi connectivity index (χ0v) is 19.0. The number of nitrogens with one attached hydrogen (secondary N) is 3. The van der Waals surface area contributed by atoms with Crippen molar-refractivity contribution in [2.24, 2.45) is 0 Å². The summed E-state index contributed by atoms with van der Waals surface area (Å²) >= 11 is 0. The van der Waals surface area contributed by atoms with Gasteiger partial charge in [-0.3, -0.25) is 9.78 Å². The number of aliphatic hydroxyl groups excluding tert-OH is 1. The number of carbonyl (C=O) groups excluding carboxylic acids is 1. The number of carbonyl (C=O) groups is 1. The van der Waals surface area contributed by atoms with Gasteiger partial charge in [0.1, 0.15) is 11.6 Å². The number of pyridine rings is 2. The van der Waals surface area contributed by atoms with Gasteiger partial charge in [-0.25, -0.2) is 9.37 Å². The van der Waals surface area contributed by atoms with Crippen LogP contribution in [0, 0.1) is 5.82 Å². The Morgan fingerprint density at radius 2 is 1.97 bits per heavy atom. The summed E-state index contributed by atoms with van der Waals surface area (Å²) in [7, 11) is 0. The maximum atomic E-state index is 13.3. The number of aliphatic hydroxyl groups is 1. The van der Waals surface area contributed by atoms with Crippen molar-refractivity contribution >= 4 is 11.7 Å². The fraction of sp³-hybridized carbons (Fsp3) is 0.200. The Balaban J connectivity index is 1.30. The highest BCUT2D eigenvalue weighted by molar-refractivity contribution is 5.94. The van der Waals surface area contributed by atoms with Gasteiger partial charge in [0.2, 0.25) is 0 Å². The number of rotatable bonds is 11. The summed E-state index contributed by atoms with van der Waals surface area (Å²) in [5, 5.41) is 19.2. The van der Waals surface area contributed by atoms with Gasteiger partial charge in [0.15, 0.2) is 0 Å². The van der Waals surface area contributed by atoms with Crippen LogP contribution in [-0.2, 0) is 13.0 Å². The average molecular weight is 476 g/mol. The molecule has 0 bridgehead atoms. The second kappa shape index (κ2) is 11.7. The predicted octanol–water partition coefficient (Wildman–Crippen LogP) is 2.60. The molecule has 4 aromatic rings. The standard InChI is InChI=1S/C25H26FN7O2/c26-22-5-1-3-18(13-22)8-10-31-33-17-21(16-32-33)23-7-6-20(15-29-23)25(35)30-14-19-4-2-9-27-24(19)28-11-12-34/h1-7,9,13,15-17,31,34H,8,10-12,14H2,(H,27,28)(H,30,35). The molecule has 9 nitrogen and oxygen atoms in total. The largest absolute Gasteiger partial charge is 0.395 e. The van der Waals surface area contributed by atoms with Gasteiger partial charge < -0.3 is 21.2 Å². The normalized spacial score (nSPS) is 10.7. The zero-order chi connectivity index (χ0) is 24.5. The third kappa shape index (κ3) is 6.61. The van der Waals surface area contributed by atoms with E-state index in [0.717, 1.165) is 16.7 Å². The number of hydrogen-bond donors (Lipinski definition) is 4. The average Bonchev–Trinajstić information content (AvgIpc) is 3.35. The van der Waals surface area contributed by atoms with Gasteiger partial charge in [0.25, 0.3) is 5.91 Å². The molecular formula is C25H26FN7O2. The molecule has 1 aromatic carbocycles. The molecule has 4 rings (SSSR count). The maximum absolute atomic E-state index is 13.3. The molecule has 10 heteroatoms. The SMILES string of the molecule is O=C(NCc1cccnc1NCCO)c1ccc(-c2cnn(NCCc3cccc(F)c3)c2)nc1. The van der Waals surface area contributed by atoms with Crippen LogP contribution in [-0.4, -0.2) is 50.6 Å². The Hall–Kier alpha value is -4.31. The number of hydrogen-bond acceptors (Lipinski definition) is 7. The van der Waals surface area contributed by atoms with Gasteiger partial charge >= 0.3 is 0 Å². The third-order valence-electron chi connectivity index (χ3n) is 5.22. The van der Waals surface area contributed by atoms with Crippen molar-refractivity contribution in [3.8, 4) is 11.3 Å². The zero-order valence-electron chi connectivity index (χ0n) is 19.0. The van der Waals surface area contributed by atoms with Crippen molar-refractivity contribution in [1.29, 1.82) is 0 Å². The van der Waals surface area contributed by atoms with Gasteiger partial charge in [-0.15, -0.1) is 0 Å². The highest BCUT2D eigenvalue weighted by Gasteiger charge is 2.10. The molecule has 4 N–H and O–H groups in total. The Labute approximate surface area is 202 Å². The Morgan fingerprint density at radius 1 is 1.06 bits per heavy atom. The third-order valence-corrected chi connectivity index (χ3v) is 5.22. The molecule has 0 saturated carbocycles. The van der Waals surface area contributed by atoms with E-state index in [-0.39, 0.29) is 24.9 Å². The van der Waals surface area contributed by atoms with E-state index < -0.39 is 0 Å². The van der Waals surface area contributed by atoms with E-state index in [2.05, 4.69) is 31.1 Å². The molecule has 0 aliphatic heterocycles. The van der Waals surface area contributed by atoms with Gasteiger partial charge in [-0.2, -0.15) is 9.89 Å². The van der Waals surface area contributed by atoms with Crippen LogP contribution < -0.4 is 16.1 Å². The van der Waals surface area contributed by atoms with E-state index in [9.17, 15) is 9.18 Å². The molecule has 0 saturated heterocycles. The number of amides is 1. The summed E-state index contributed by atoms with van der Waals surface area (Å²) < 4.78 is 13.3. The first kappa shape index (κ1) is 23.8. The minimum atomic E-state index is -0.254. The monoisotopic (exact) mass is 475 g/mol. The van der Waals surface area contributed by atoms with Crippen LogP contribution in [0.25, 0.3) is 11.3 Å². The lowest BCUT2D eigenvalue weighted by Crippen LogP contribution is -2.24. The van der Waals surface area contributed by atoms with Gasteiger partial charge in [0.05, 0.1) is 30.3 Å². The first-order valence-electron chi connectivity index (χ1n) is 11.2. The Bertz CT molecular complexity index is 1260. The predicted molar refractivity (Wildman–Crippen MR) is 131 cm³/mol. The Morgan fingerprint density at radius 3 is 2.77 bits per heavy atom.